The fraction of sp³-hybridized carbons (Fsp3) is 0.286. The molecule has 8 nitrogen and oxygen atoms in total. The van der Waals surface area contributed by atoms with Gasteiger partial charge in [0.15, 0.2) is 17.6 Å². The Balaban J connectivity index is 1.45. The fourth-order valence-corrected chi connectivity index (χ4v) is 2.82. The maximum Gasteiger partial charge on any atom is 0.339 e. The monoisotopic (exact) mass is 396 g/mol. The molecular formula is C21H20N2O6. The Morgan fingerprint density at radius 3 is 2.55 bits per heavy atom. The lowest BCUT2D eigenvalue weighted by Crippen LogP contribution is -2.10. The Kier molecular flexibility index (Phi) is 5.33. The Labute approximate surface area is 167 Å². The summed E-state index contributed by atoms with van der Waals surface area (Å²) in [6, 6.07) is 12.2. The number of nitrogens with zero attached hydrogens (tertiary/aromatic N) is 2. The first kappa shape index (κ1) is 18.8. The maximum absolute atomic E-state index is 12.5. The molecule has 0 bridgehead atoms. The van der Waals surface area contributed by atoms with Crippen molar-refractivity contribution in [2.75, 3.05) is 20.3 Å². The predicted octanol–water partition coefficient (Wildman–Crippen LogP) is 3.82. The minimum atomic E-state index is -0.710. The summed E-state index contributed by atoms with van der Waals surface area (Å²) in [6.45, 7) is 2.80. The van der Waals surface area contributed by atoms with E-state index in [9.17, 15) is 4.79 Å². The summed E-state index contributed by atoms with van der Waals surface area (Å²) in [6.07, 6.45) is 0.0807. The van der Waals surface area contributed by atoms with Crippen LogP contribution in [0.3, 0.4) is 0 Å². The molecule has 0 aliphatic carbocycles. The molecule has 2 heterocycles. The number of aromatic nitrogens is 2. The van der Waals surface area contributed by atoms with Crippen LogP contribution in [0.5, 0.6) is 17.2 Å². The van der Waals surface area contributed by atoms with Gasteiger partial charge in [-0.15, -0.1) is 10.2 Å². The van der Waals surface area contributed by atoms with E-state index in [1.54, 1.807) is 44.4 Å². The van der Waals surface area contributed by atoms with Gasteiger partial charge in [0, 0.05) is 12.0 Å². The molecule has 0 saturated carbocycles. The van der Waals surface area contributed by atoms with Gasteiger partial charge in [-0.1, -0.05) is 0 Å². The van der Waals surface area contributed by atoms with Gasteiger partial charge >= 0.3 is 5.97 Å². The van der Waals surface area contributed by atoms with Crippen LogP contribution in [0.15, 0.2) is 46.9 Å². The molecule has 0 unspecified atom stereocenters. The SMILES string of the molecule is COc1ccc(-c2nnc([C@@H](C)OC(=O)c3ccc4c(c3)OCCCO4)o2)cc1. The number of fused-ring (bicyclic) bond motifs is 1. The van der Waals surface area contributed by atoms with Gasteiger partial charge in [0.2, 0.25) is 5.89 Å². The molecule has 1 atom stereocenters. The van der Waals surface area contributed by atoms with Crippen molar-refractivity contribution in [3.8, 4) is 28.7 Å². The molecule has 8 heteroatoms. The number of carbonyl (C=O) groups excluding carboxylic acids is 1. The molecule has 4 rings (SSSR count). The van der Waals surface area contributed by atoms with Crippen molar-refractivity contribution in [2.24, 2.45) is 0 Å². The van der Waals surface area contributed by atoms with Gasteiger partial charge in [0.25, 0.3) is 5.89 Å². The summed E-state index contributed by atoms with van der Waals surface area (Å²) in [4.78, 5) is 12.5. The van der Waals surface area contributed by atoms with E-state index in [0.29, 0.717) is 36.2 Å². The number of rotatable bonds is 5. The third-order valence-corrected chi connectivity index (χ3v) is 4.39. The molecule has 0 radical (unpaired) electrons. The number of benzene rings is 2. The highest BCUT2D eigenvalue weighted by atomic mass is 16.6. The highest BCUT2D eigenvalue weighted by molar-refractivity contribution is 5.90. The van der Waals surface area contributed by atoms with Gasteiger partial charge < -0.3 is 23.4 Å². The third kappa shape index (κ3) is 4.16. The van der Waals surface area contributed by atoms with E-state index >= 15 is 0 Å². The van der Waals surface area contributed by atoms with E-state index < -0.39 is 12.1 Å². The lowest BCUT2D eigenvalue weighted by molar-refractivity contribution is 0.0279. The van der Waals surface area contributed by atoms with Crippen LogP contribution in [0.2, 0.25) is 0 Å². The minimum absolute atomic E-state index is 0.207. The maximum atomic E-state index is 12.5. The minimum Gasteiger partial charge on any atom is -0.497 e. The van der Waals surface area contributed by atoms with Crippen molar-refractivity contribution >= 4 is 5.97 Å². The number of carbonyl (C=O) groups is 1. The van der Waals surface area contributed by atoms with Gasteiger partial charge in [0.1, 0.15) is 5.75 Å². The zero-order valence-corrected chi connectivity index (χ0v) is 16.1. The van der Waals surface area contributed by atoms with Crippen LogP contribution in [-0.4, -0.2) is 36.5 Å². The molecule has 2 aromatic carbocycles. The summed E-state index contributed by atoms with van der Waals surface area (Å²) < 4.78 is 27.5. The average molecular weight is 396 g/mol. The van der Waals surface area contributed by atoms with Crippen LogP contribution in [-0.2, 0) is 4.74 Å². The van der Waals surface area contributed by atoms with Gasteiger partial charge in [-0.2, -0.15) is 0 Å². The number of methoxy groups -OCH3 is 1. The molecule has 150 valence electrons. The second-order valence-corrected chi connectivity index (χ2v) is 6.43. The quantitative estimate of drug-likeness (QED) is 0.601. The van der Waals surface area contributed by atoms with E-state index in [-0.39, 0.29) is 5.89 Å². The first-order valence-electron chi connectivity index (χ1n) is 9.22. The number of ether oxygens (including phenoxy) is 4. The van der Waals surface area contributed by atoms with E-state index in [1.165, 1.54) is 0 Å². The summed E-state index contributed by atoms with van der Waals surface area (Å²) in [5.74, 6) is 1.90. The van der Waals surface area contributed by atoms with Gasteiger partial charge in [-0.25, -0.2) is 4.79 Å². The second-order valence-electron chi connectivity index (χ2n) is 6.43. The van der Waals surface area contributed by atoms with Crippen molar-refractivity contribution in [3.63, 3.8) is 0 Å². The van der Waals surface area contributed by atoms with E-state index in [1.807, 2.05) is 12.1 Å². The van der Waals surface area contributed by atoms with Crippen LogP contribution in [0.1, 0.15) is 35.7 Å². The topological polar surface area (TPSA) is 92.9 Å². The zero-order valence-electron chi connectivity index (χ0n) is 16.1. The standard InChI is InChI=1S/C21H20N2O6/c1-13(19-22-23-20(29-19)14-4-7-16(25-2)8-5-14)28-21(24)15-6-9-17-18(12-15)27-11-3-10-26-17/h4-9,12-13H,3,10-11H2,1-2H3/t13-/m1/s1. The third-order valence-electron chi connectivity index (χ3n) is 4.39. The highest BCUT2D eigenvalue weighted by Gasteiger charge is 2.21. The molecule has 29 heavy (non-hydrogen) atoms. The molecule has 0 spiro atoms. The van der Waals surface area contributed by atoms with Crippen LogP contribution in [0.25, 0.3) is 11.5 Å². The Morgan fingerprint density at radius 2 is 1.79 bits per heavy atom. The van der Waals surface area contributed by atoms with Crippen molar-refractivity contribution < 1.29 is 28.2 Å². The largest absolute Gasteiger partial charge is 0.497 e. The Morgan fingerprint density at radius 1 is 1.03 bits per heavy atom. The predicted molar refractivity (Wildman–Crippen MR) is 102 cm³/mol. The lowest BCUT2D eigenvalue weighted by atomic mass is 10.2. The molecule has 3 aromatic rings. The van der Waals surface area contributed by atoms with Crippen LogP contribution >= 0.6 is 0 Å². The number of esters is 1. The Hall–Kier alpha value is -3.55. The molecule has 0 amide bonds. The van der Waals surface area contributed by atoms with Crippen LogP contribution < -0.4 is 14.2 Å². The average Bonchev–Trinajstić information content (AvgIpc) is 3.13. The number of hydrogen-bond acceptors (Lipinski definition) is 8. The molecule has 0 saturated heterocycles. The molecule has 1 aromatic heterocycles. The van der Waals surface area contributed by atoms with Gasteiger partial charge in [-0.3, -0.25) is 0 Å². The Bertz CT molecular complexity index is 999. The summed E-state index contributed by atoms with van der Waals surface area (Å²) in [7, 11) is 1.60. The zero-order chi connectivity index (χ0) is 20.2. The van der Waals surface area contributed by atoms with E-state index in [0.717, 1.165) is 17.7 Å². The molecular weight excluding hydrogens is 376 g/mol. The highest BCUT2D eigenvalue weighted by Crippen LogP contribution is 2.31. The van der Waals surface area contributed by atoms with Crippen molar-refractivity contribution in [1.82, 2.24) is 10.2 Å². The molecule has 0 N–H and O–H groups in total. The van der Waals surface area contributed by atoms with Crippen LogP contribution in [0.4, 0.5) is 0 Å². The van der Waals surface area contributed by atoms with Gasteiger partial charge in [-0.05, 0) is 49.4 Å². The lowest BCUT2D eigenvalue weighted by Gasteiger charge is -2.11. The molecule has 1 aliphatic heterocycles. The molecule has 1 aliphatic rings. The van der Waals surface area contributed by atoms with Crippen molar-refractivity contribution in [1.29, 1.82) is 0 Å². The van der Waals surface area contributed by atoms with Crippen LogP contribution in [0, 0.1) is 0 Å². The summed E-state index contributed by atoms with van der Waals surface area (Å²) in [5, 5.41) is 8.02. The molecule has 0 fully saturated rings. The first-order valence-corrected chi connectivity index (χ1v) is 9.22. The first-order chi connectivity index (χ1) is 14.1. The van der Waals surface area contributed by atoms with Crippen molar-refractivity contribution in [3.05, 3.63) is 53.9 Å². The van der Waals surface area contributed by atoms with Gasteiger partial charge in [0.05, 0.1) is 25.9 Å². The van der Waals surface area contributed by atoms with Crippen molar-refractivity contribution in [2.45, 2.75) is 19.4 Å². The van der Waals surface area contributed by atoms with E-state index in [2.05, 4.69) is 10.2 Å². The fourth-order valence-electron chi connectivity index (χ4n) is 2.82. The van der Waals surface area contributed by atoms with E-state index in [4.69, 9.17) is 23.4 Å². The summed E-state index contributed by atoms with van der Waals surface area (Å²) >= 11 is 0. The second kappa shape index (κ2) is 8.22. The summed E-state index contributed by atoms with van der Waals surface area (Å²) in [5.41, 5.74) is 1.10. The smallest absolute Gasteiger partial charge is 0.339 e. The normalized spacial score (nSPS) is 14.0. The number of hydrogen-bond donors (Lipinski definition) is 0.